The molecule has 0 saturated heterocycles. The number of carbonyl (C=O) groups is 2. The van der Waals surface area contributed by atoms with Crippen LogP contribution in [-0.4, -0.2) is 35.2 Å². The smallest absolute Gasteiger partial charge is 0.270 e. The lowest BCUT2D eigenvalue weighted by molar-refractivity contribution is -0.384. The van der Waals surface area contributed by atoms with Crippen molar-refractivity contribution in [2.75, 3.05) is 13.6 Å². The number of carbonyl (C=O) groups excluding carboxylic acids is 2. The van der Waals surface area contributed by atoms with Crippen LogP contribution in [0.5, 0.6) is 0 Å². The molecular formula is C17H17FN4O4. The average molecular weight is 360 g/mol. The largest absolute Gasteiger partial charge is 0.293 e. The Morgan fingerprint density at radius 2 is 1.88 bits per heavy atom. The van der Waals surface area contributed by atoms with Crippen LogP contribution >= 0.6 is 0 Å². The minimum Gasteiger partial charge on any atom is -0.293 e. The van der Waals surface area contributed by atoms with Crippen molar-refractivity contribution in [2.45, 2.75) is 6.54 Å². The van der Waals surface area contributed by atoms with Gasteiger partial charge >= 0.3 is 0 Å². The molecule has 0 heterocycles. The number of rotatable bonds is 6. The van der Waals surface area contributed by atoms with Crippen LogP contribution < -0.4 is 10.9 Å². The molecule has 0 radical (unpaired) electrons. The van der Waals surface area contributed by atoms with Crippen molar-refractivity contribution in [1.82, 2.24) is 15.8 Å². The minimum atomic E-state index is -0.682. The van der Waals surface area contributed by atoms with E-state index in [4.69, 9.17) is 0 Å². The number of likely N-dealkylation sites (N-methyl/N-ethyl adjacent to an activating group) is 1. The summed E-state index contributed by atoms with van der Waals surface area (Å²) < 4.78 is 13.6. The van der Waals surface area contributed by atoms with Crippen LogP contribution in [-0.2, 0) is 11.3 Å². The molecule has 0 bridgehead atoms. The molecule has 136 valence electrons. The van der Waals surface area contributed by atoms with Crippen LogP contribution in [0.2, 0.25) is 0 Å². The van der Waals surface area contributed by atoms with E-state index in [2.05, 4.69) is 10.9 Å². The number of benzene rings is 2. The molecule has 9 heteroatoms. The summed E-state index contributed by atoms with van der Waals surface area (Å²) in [6.45, 7) is 0.141. The highest BCUT2D eigenvalue weighted by atomic mass is 19.1. The van der Waals surface area contributed by atoms with Gasteiger partial charge in [-0.3, -0.25) is 35.5 Å². The van der Waals surface area contributed by atoms with Gasteiger partial charge < -0.3 is 0 Å². The van der Waals surface area contributed by atoms with Gasteiger partial charge in [-0.1, -0.05) is 24.3 Å². The Hall–Kier alpha value is -3.33. The lowest BCUT2D eigenvalue weighted by Gasteiger charge is -2.17. The highest BCUT2D eigenvalue weighted by Crippen LogP contribution is 2.12. The fourth-order valence-electron chi connectivity index (χ4n) is 2.22. The summed E-state index contributed by atoms with van der Waals surface area (Å²) in [5, 5.41) is 10.7. The highest BCUT2D eigenvalue weighted by Gasteiger charge is 2.13. The molecule has 0 aliphatic rings. The van der Waals surface area contributed by atoms with Gasteiger partial charge in [-0.05, 0) is 19.2 Å². The molecule has 2 amide bonds. The number of nitrogens with one attached hydrogen (secondary N) is 2. The second kappa shape index (κ2) is 8.67. The van der Waals surface area contributed by atoms with Gasteiger partial charge in [0.2, 0.25) is 0 Å². The molecule has 2 rings (SSSR count). The zero-order valence-corrected chi connectivity index (χ0v) is 13.9. The van der Waals surface area contributed by atoms with E-state index in [1.54, 1.807) is 30.1 Å². The van der Waals surface area contributed by atoms with Gasteiger partial charge in [0, 0.05) is 29.8 Å². The normalized spacial score (nSPS) is 10.4. The molecule has 0 fully saturated rings. The summed E-state index contributed by atoms with van der Waals surface area (Å²) in [6, 6.07) is 11.4. The van der Waals surface area contributed by atoms with E-state index in [1.807, 2.05) is 0 Å². The number of halogens is 1. The van der Waals surface area contributed by atoms with Crippen molar-refractivity contribution >= 4 is 17.5 Å². The van der Waals surface area contributed by atoms with Gasteiger partial charge in [0.15, 0.2) is 0 Å². The summed E-state index contributed by atoms with van der Waals surface area (Å²) in [6.07, 6.45) is 0. The van der Waals surface area contributed by atoms with Crippen molar-refractivity contribution < 1.29 is 18.9 Å². The Morgan fingerprint density at radius 3 is 2.58 bits per heavy atom. The lowest BCUT2D eigenvalue weighted by Crippen LogP contribution is -2.45. The number of hydrazine groups is 1. The third-order valence-corrected chi connectivity index (χ3v) is 3.45. The third kappa shape index (κ3) is 5.35. The lowest BCUT2D eigenvalue weighted by atomic mass is 10.2. The van der Waals surface area contributed by atoms with Crippen LogP contribution in [0.4, 0.5) is 10.1 Å². The fourth-order valence-corrected chi connectivity index (χ4v) is 2.22. The first-order chi connectivity index (χ1) is 12.4. The van der Waals surface area contributed by atoms with E-state index in [0.717, 1.165) is 6.07 Å². The molecule has 26 heavy (non-hydrogen) atoms. The minimum absolute atomic E-state index is 0.0409. The summed E-state index contributed by atoms with van der Waals surface area (Å²) >= 11 is 0. The fraction of sp³-hybridized carbons (Fsp3) is 0.176. The van der Waals surface area contributed by atoms with E-state index >= 15 is 0 Å². The van der Waals surface area contributed by atoms with Crippen molar-refractivity contribution in [3.8, 4) is 0 Å². The molecule has 8 nitrogen and oxygen atoms in total. The van der Waals surface area contributed by atoms with Crippen molar-refractivity contribution in [3.63, 3.8) is 0 Å². The molecule has 2 aromatic carbocycles. The van der Waals surface area contributed by atoms with Crippen molar-refractivity contribution in [1.29, 1.82) is 0 Å². The standard InChI is InChI=1S/C17H17FN4O4/c1-21(10-13-5-2-3-8-15(13)18)11-16(23)19-20-17(24)12-6-4-7-14(9-12)22(25)26/h2-9H,10-11H2,1H3,(H,19,23)(H,20,24). The summed E-state index contributed by atoms with van der Waals surface area (Å²) in [5.74, 6) is -1.56. The van der Waals surface area contributed by atoms with E-state index in [9.17, 15) is 24.1 Å². The predicted octanol–water partition coefficient (Wildman–Crippen LogP) is 1.63. The van der Waals surface area contributed by atoms with Crippen LogP contribution in [0.15, 0.2) is 48.5 Å². The van der Waals surface area contributed by atoms with Crippen LogP contribution in [0.25, 0.3) is 0 Å². The molecule has 0 unspecified atom stereocenters. The van der Waals surface area contributed by atoms with Gasteiger partial charge in [-0.15, -0.1) is 0 Å². The highest BCUT2D eigenvalue weighted by molar-refractivity contribution is 5.96. The van der Waals surface area contributed by atoms with Crippen molar-refractivity contribution in [3.05, 3.63) is 75.6 Å². The Morgan fingerprint density at radius 1 is 1.15 bits per heavy atom. The second-order valence-electron chi connectivity index (χ2n) is 5.57. The van der Waals surface area contributed by atoms with E-state index in [0.29, 0.717) is 5.56 Å². The topological polar surface area (TPSA) is 105 Å². The van der Waals surface area contributed by atoms with E-state index in [-0.39, 0.29) is 30.2 Å². The number of nitrogens with zero attached hydrogens (tertiary/aromatic N) is 2. The maximum absolute atomic E-state index is 13.6. The number of hydrogen-bond donors (Lipinski definition) is 2. The van der Waals surface area contributed by atoms with Gasteiger partial charge in [-0.2, -0.15) is 0 Å². The van der Waals surface area contributed by atoms with Crippen LogP contribution in [0.3, 0.4) is 0 Å². The van der Waals surface area contributed by atoms with Gasteiger partial charge in [0.05, 0.1) is 11.5 Å². The van der Waals surface area contributed by atoms with Gasteiger partial charge in [-0.25, -0.2) is 4.39 Å². The van der Waals surface area contributed by atoms with E-state index in [1.165, 1.54) is 24.3 Å². The first kappa shape index (κ1) is 19.0. The monoisotopic (exact) mass is 360 g/mol. The molecular weight excluding hydrogens is 343 g/mol. The number of nitro groups is 1. The number of amides is 2. The number of non-ortho nitro benzene ring substituents is 1. The van der Waals surface area contributed by atoms with Crippen LogP contribution in [0, 0.1) is 15.9 Å². The summed E-state index contributed by atoms with van der Waals surface area (Å²) in [5.41, 5.74) is 4.66. The maximum atomic E-state index is 13.6. The second-order valence-corrected chi connectivity index (χ2v) is 5.57. The summed E-state index contributed by atoms with van der Waals surface area (Å²) in [4.78, 5) is 35.5. The molecule has 0 aromatic heterocycles. The predicted molar refractivity (Wildman–Crippen MR) is 91.4 cm³/mol. The molecule has 2 aromatic rings. The first-order valence-corrected chi connectivity index (χ1v) is 7.62. The Balaban J connectivity index is 1.84. The molecule has 0 atom stereocenters. The Bertz CT molecular complexity index is 828. The maximum Gasteiger partial charge on any atom is 0.270 e. The SMILES string of the molecule is CN(CC(=O)NNC(=O)c1cccc([N+](=O)[O-])c1)Cc1ccccc1F. The first-order valence-electron chi connectivity index (χ1n) is 7.62. The average Bonchev–Trinajstić information content (AvgIpc) is 2.61. The zero-order chi connectivity index (χ0) is 19.1. The number of nitro benzene ring substituents is 1. The molecule has 0 saturated carbocycles. The molecule has 0 aliphatic carbocycles. The van der Waals surface area contributed by atoms with Crippen molar-refractivity contribution in [2.24, 2.45) is 0 Å². The molecule has 0 spiro atoms. The zero-order valence-electron chi connectivity index (χ0n) is 13.9. The Kier molecular flexibility index (Phi) is 6.34. The van der Waals surface area contributed by atoms with Gasteiger partial charge in [0.25, 0.3) is 17.5 Å². The van der Waals surface area contributed by atoms with E-state index < -0.39 is 16.7 Å². The molecule has 0 aliphatic heterocycles. The Labute approximate surface area is 148 Å². The number of hydrogen-bond acceptors (Lipinski definition) is 5. The van der Waals surface area contributed by atoms with Gasteiger partial charge in [0.1, 0.15) is 5.82 Å². The third-order valence-electron chi connectivity index (χ3n) is 3.45. The quantitative estimate of drug-likeness (QED) is 0.602. The van der Waals surface area contributed by atoms with Crippen LogP contribution in [0.1, 0.15) is 15.9 Å². The molecule has 2 N–H and O–H groups in total. The summed E-state index contributed by atoms with van der Waals surface area (Å²) in [7, 11) is 1.63.